The van der Waals surface area contributed by atoms with Gasteiger partial charge < -0.3 is 17.3 Å². The van der Waals surface area contributed by atoms with Crippen LogP contribution in [0, 0.1) is 5.92 Å². The predicted octanol–water partition coefficient (Wildman–Crippen LogP) is 0.851. The Morgan fingerprint density at radius 2 is 2.00 bits per heavy atom. The Hall–Kier alpha value is -1.23. The van der Waals surface area contributed by atoms with Crippen LogP contribution >= 0.6 is 23.4 Å². The Morgan fingerprint density at radius 1 is 1.29 bits per heavy atom. The van der Waals surface area contributed by atoms with Gasteiger partial charge in [0.15, 0.2) is 12.4 Å². The average Bonchev–Trinajstić information content (AvgIpc) is 2.89. The molecule has 3 rings (SSSR count). The molecule has 1 aromatic carbocycles. The summed E-state index contributed by atoms with van der Waals surface area (Å²) in [4.78, 5) is 14.2. The number of aromatic nitrogens is 1. The van der Waals surface area contributed by atoms with Crippen LogP contribution in [0.25, 0.3) is 5.69 Å². The molecule has 2 heterocycles. The number of hydrogen-bond acceptors (Lipinski definition) is 2. The van der Waals surface area contributed by atoms with Crippen molar-refractivity contribution >= 4 is 29.3 Å². The van der Waals surface area contributed by atoms with Gasteiger partial charge in [-0.05, 0) is 24.1 Å². The van der Waals surface area contributed by atoms with E-state index >= 15 is 0 Å². The fourth-order valence-electron chi connectivity index (χ4n) is 2.73. The molecule has 1 aliphatic rings. The molecule has 1 amide bonds. The maximum Gasteiger partial charge on any atom is 0.233 e. The van der Waals surface area contributed by atoms with Crippen LogP contribution in [-0.2, 0) is 4.79 Å². The van der Waals surface area contributed by atoms with Gasteiger partial charge in [0.1, 0.15) is 5.37 Å². The van der Waals surface area contributed by atoms with Crippen molar-refractivity contribution in [2.45, 2.75) is 19.2 Å². The van der Waals surface area contributed by atoms with Crippen LogP contribution in [-0.4, -0.2) is 23.1 Å². The molecule has 0 aliphatic carbocycles. The first-order chi connectivity index (χ1) is 11.0. The number of thioether (sulfide) groups is 1. The van der Waals surface area contributed by atoms with Crippen molar-refractivity contribution in [3.05, 3.63) is 59.4 Å². The van der Waals surface area contributed by atoms with E-state index in [2.05, 4.69) is 30.7 Å². The molecule has 1 saturated heterocycles. The first-order valence-corrected chi connectivity index (χ1v) is 9.15. The van der Waals surface area contributed by atoms with Gasteiger partial charge >= 0.3 is 0 Å². The van der Waals surface area contributed by atoms with Gasteiger partial charge in [-0.15, -0.1) is 11.8 Å². The molecule has 0 N–H and O–H groups in total. The van der Waals surface area contributed by atoms with E-state index in [0.717, 1.165) is 22.8 Å². The van der Waals surface area contributed by atoms with Crippen LogP contribution in [0.3, 0.4) is 0 Å². The number of halogens is 2. The largest absolute Gasteiger partial charge is 1.00 e. The number of pyridine rings is 1. The SMILES string of the molecule is CC(C)CN1C(=O)CSC1c1ccc[n+](-c2ccc(Cl)cc2)c1.[Cl-]. The van der Waals surface area contributed by atoms with Crippen molar-refractivity contribution in [2.75, 3.05) is 12.3 Å². The molecule has 0 spiro atoms. The number of benzene rings is 1. The summed E-state index contributed by atoms with van der Waals surface area (Å²) in [5.41, 5.74) is 2.21. The molecule has 1 aromatic heterocycles. The smallest absolute Gasteiger partial charge is 0.233 e. The van der Waals surface area contributed by atoms with E-state index in [-0.39, 0.29) is 23.7 Å². The van der Waals surface area contributed by atoms with E-state index in [1.165, 1.54) is 0 Å². The van der Waals surface area contributed by atoms with E-state index in [1.807, 2.05) is 41.4 Å². The van der Waals surface area contributed by atoms with Gasteiger partial charge in [-0.2, -0.15) is 4.57 Å². The lowest BCUT2D eigenvalue weighted by Crippen LogP contribution is -3.00. The van der Waals surface area contributed by atoms with Crippen LogP contribution < -0.4 is 17.0 Å². The lowest BCUT2D eigenvalue weighted by Gasteiger charge is -2.25. The maximum absolute atomic E-state index is 12.2. The number of hydrogen-bond donors (Lipinski definition) is 0. The highest BCUT2D eigenvalue weighted by Crippen LogP contribution is 2.38. The van der Waals surface area contributed by atoms with E-state index in [9.17, 15) is 4.79 Å². The molecule has 0 saturated carbocycles. The molecule has 6 heteroatoms. The van der Waals surface area contributed by atoms with Crippen LogP contribution in [0.5, 0.6) is 0 Å². The van der Waals surface area contributed by atoms with Crippen molar-refractivity contribution < 1.29 is 21.8 Å². The van der Waals surface area contributed by atoms with Crippen molar-refractivity contribution in [3.8, 4) is 5.69 Å². The molecule has 1 aliphatic heterocycles. The van der Waals surface area contributed by atoms with Crippen molar-refractivity contribution in [2.24, 2.45) is 5.92 Å². The molecule has 2 aromatic rings. The molecule has 24 heavy (non-hydrogen) atoms. The first kappa shape index (κ1) is 19.1. The predicted molar refractivity (Wildman–Crippen MR) is 94.7 cm³/mol. The third kappa shape index (κ3) is 4.24. The fourth-order valence-corrected chi connectivity index (χ4v) is 4.04. The highest BCUT2D eigenvalue weighted by molar-refractivity contribution is 8.00. The molecule has 128 valence electrons. The van der Waals surface area contributed by atoms with Crippen molar-refractivity contribution in [1.82, 2.24) is 4.90 Å². The minimum atomic E-state index is 0. The quantitative estimate of drug-likeness (QED) is 0.732. The molecular weight excluding hydrogens is 363 g/mol. The Bertz CT molecular complexity index is 706. The number of carbonyl (C=O) groups is 1. The van der Waals surface area contributed by atoms with Gasteiger partial charge in [0.25, 0.3) is 0 Å². The van der Waals surface area contributed by atoms with Gasteiger partial charge in [-0.1, -0.05) is 25.4 Å². The van der Waals surface area contributed by atoms with Crippen LogP contribution in [0.1, 0.15) is 24.8 Å². The fraction of sp³-hybridized carbons (Fsp3) is 0.333. The molecule has 0 bridgehead atoms. The second-order valence-electron chi connectivity index (χ2n) is 6.12. The number of amides is 1. The lowest BCUT2D eigenvalue weighted by molar-refractivity contribution is -0.596. The zero-order chi connectivity index (χ0) is 16.4. The maximum atomic E-state index is 12.2. The number of carbonyl (C=O) groups excluding carboxylic acids is 1. The highest BCUT2D eigenvalue weighted by atomic mass is 35.5. The monoisotopic (exact) mass is 382 g/mol. The molecule has 3 nitrogen and oxygen atoms in total. The summed E-state index contributed by atoms with van der Waals surface area (Å²) in [5.74, 6) is 1.26. The normalized spacial score (nSPS) is 17.2. The second kappa shape index (κ2) is 8.24. The number of rotatable bonds is 4. The lowest BCUT2D eigenvalue weighted by atomic mass is 10.2. The highest BCUT2D eigenvalue weighted by Gasteiger charge is 2.34. The standard InChI is InChI=1S/C18H20ClN2OS.ClH/c1-13(2)10-21-17(22)12-23-18(21)14-4-3-9-20(11-14)16-7-5-15(19)6-8-16;/h3-9,11,13,18H,10,12H2,1-2H3;1H/q+1;/p-1. The average molecular weight is 383 g/mol. The topological polar surface area (TPSA) is 24.2 Å². The van der Waals surface area contributed by atoms with Crippen molar-refractivity contribution in [1.29, 1.82) is 0 Å². The Morgan fingerprint density at radius 3 is 2.67 bits per heavy atom. The summed E-state index contributed by atoms with van der Waals surface area (Å²) < 4.78 is 2.07. The third-order valence-corrected chi connectivity index (χ3v) is 5.27. The molecular formula is C18H20Cl2N2OS. The van der Waals surface area contributed by atoms with Gasteiger partial charge in [0, 0.05) is 35.3 Å². The Labute approximate surface area is 158 Å². The molecule has 1 fully saturated rings. The molecule has 1 unspecified atom stereocenters. The molecule has 0 radical (unpaired) electrons. The van der Waals surface area contributed by atoms with Gasteiger partial charge in [0.2, 0.25) is 11.6 Å². The van der Waals surface area contributed by atoms with Crippen molar-refractivity contribution in [3.63, 3.8) is 0 Å². The minimum Gasteiger partial charge on any atom is -1.00 e. The van der Waals surface area contributed by atoms with E-state index in [0.29, 0.717) is 11.7 Å². The van der Waals surface area contributed by atoms with Gasteiger partial charge in [-0.3, -0.25) is 4.79 Å². The number of nitrogens with zero attached hydrogens (tertiary/aromatic N) is 2. The minimum absolute atomic E-state index is 0. The summed E-state index contributed by atoms with van der Waals surface area (Å²) in [5, 5.41) is 0.829. The summed E-state index contributed by atoms with van der Waals surface area (Å²) in [6.45, 7) is 5.09. The molecule has 1 atom stereocenters. The summed E-state index contributed by atoms with van der Waals surface area (Å²) in [6, 6.07) is 11.9. The zero-order valence-corrected chi connectivity index (χ0v) is 16.0. The summed E-state index contributed by atoms with van der Waals surface area (Å²) >= 11 is 7.66. The third-order valence-electron chi connectivity index (χ3n) is 3.76. The summed E-state index contributed by atoms with van der Waals surface area (Å²) in [6.07, 6.45) is 4.12. The zero-order valence-electron chi connectivity index (χ0n) is 13.7. The van der Waals surface area contributed by atoms with Crippen LogP contribution in [0.15, 0.2) is 48.8 Å². The summed E-state index contributed by atoms with van der Waals surface area (Å²) in [7, 11) is 0. The second-order valence-corrected chi connectivity index (χ2v) is 7.63. The van der Waals surface area contributed by atoms with E-state index in [4.69, 9.17) is 11.6 Å². The first-order valence-electron chi connectivity index (χ1n) is 7.73. The Kier molecular flexibility index (Phi) is 6.55. The van der Waals surface area contributed by atoms with E-state index in [1.54, 1.807) is 11.8 Å². The van der Waals surface area contributed by atoms with E-state index < -0.39 is 0 Å². The Balaban J connectivity index is 0.00000208. The van der Waals surface area contributed by atoms with Crippen LogP contribution in [0.2, 0.25) is 5.02 Å². The van der Waals surface area contributed by atoms with Gasteiger partial charge in [-0.25, -0.2) is 0 Å². The van der Waals surface area contributed by atoms with Crippen LogP contribution in [0.4, 0.5) is 0 Å². The van der Waals surface area contributed by atoms with Gasteiger partial charge in [0.05, 0.1) is 5.75 Å².